The molecule has 112 valence electrons. The first-order valence-electron chi connectivity index (χ1n) is 7.75. The number of unbranched alkanes of at least 4 members (excludes halogenated alkanes) is 2. The fourth-order valence-corrected chi connectivity index (χ4v) is 2.40. The molecule has 0 N–H and O–H groups in total. The SMILES string of the molecule is CCCCN(CCCC)C(=O)c1cnn2c1OCCC2. The van der Waals surface area contributed by atoms with Crippen LogP contribution in [0.3, 0.4) is 0 Å². The lowest BCUT2D eigenvalue weighted by Gasteiger charge is -2.23. The third-order valence-corrected chi connectivity index (χ3v) is 3.62. The van der Waals surface area contributed by atoms with E-state index in [2.05, 4.69) is 18.9 Å². The van der Waals surface area contributed by atoms with Crippen LogP contribution < -0.4 is 4.74 Å². The maximum atomic E-state index is 12.7. The fourth-order valence-electron chi connectivity index (χ4n) is 2.40. The minimum Gasteiger partial charge on any atom is -0.477 e. The Hall–Kier alpha value is -1.52. The van der Waals surface area contributed by atoms with Gasteiger partial charge in [0, 0.05) is 26.1 Å². The van der Waals surface area contributed by atoms with Crippen molar-refractivity contribution in [3.8, 4) is 5.88 Å². The van der Waals surface area contributed by atoms with Crippen LogP contribution in [0.4, 0.5) is 0 Å². The molecule has 2 heterocycles. The van der Waals surface area contributed by atoms with E-state index < -0.39 is 0 Å². The van der Waals surface area contributed by atoms with Crippen LogP contribution in [-0.4, -0.2) is 40.3 Å². The number of hydrogen-bond acceptors (Lipinski definition) is 3. The van der Waals surface area contributed by atoms with Gasteiger partial charge in [-0.2, -0.15) is 5.10 Å². The second kappa shape index (κ2) is 7.31. The molecule has 0 fully saturated rings. The van der Waals surface area contributed by atoms with Gasteiger partial charge in [-0.25, -0.2) is 4.68 Å². The molecule has 0 aliphatic carbocycles. The van der Waals surface area contributed by atoms with E-state index in [1.165, 1.54) is 0 Å². The highest BCUT2D eigenvalue weighted by Crippen LogP contribution is 2.24. The average molecular weight is 279 g/mol. The molecule has 0 radical (unpaired) electrons. The predicted octanol–water partition coefficient (Wildman–Crippen LogP) is 2.71. The lowest BCUT2D eigenvalue weighted by molar-refractivity contribution is 0.0744. The number of nitrogens with zero attached hydrogens (tertiary/aromatic N) is 3. The molecule has 5 heteroatoms. The summed E-state index contributed by atoms with van der Waals surface area (Å²) in [6.45, 7) is 7.45. The highest BCUT2D eigenvalue weighted by Gasteiger charge is 2.25. The molecule has 0 unspecified atom stereocenters. The minimum atomic E-state index is 0.0649. The summed E-state index contributed by atoms with van der Waals surface area (Å²) >= 11 is 0. The van der Waals surface area contributed by atoms with E-state index in [9.17, 15) is 4.79 Å². The minimum absolute atomic E-state index is 0.0649. The smallest absolute Gasteiger partial charge is 0.260 e. The maximum absolute atomic E-state index is 12.7. The summed E-state index contributed by atoms with van der Waals surface area (Å²) in [5.74, 6) is 0.717. The molecule has 20 heavy (non-hydrogen) atoms. The first kappa shape index (κ1) is 14.9. The Morgan fingerprint density at radius 1 is 1.35 bits per heavy atom. The number of amides is 1. The summed E-state index contributed by atoms with van der Waals surface area (Å²) < 4.78 is 7.43. The Kier molecular flexibility index (Phi) is 5.44. The number of aromatic nitrogens is 2. The van der Waals surface area contributed by atoms with Gasteiger partial charge < -0.3 is 9.64 Å². The van der Waals surface area contributed by atoms with Gasteiger partial charge in [-0.15, -0.1) is 0 Å². The molecule has 1 amide bonds. The van der Waals surface area contributed by atoms with E-state index in [1.54, 1.807) is 10.9 Å². The van der Waals surface area contributed by atoms with Crippen LogP contribution in [0.25, 0.3) is 0 Å². The third-order valence-electron chi connectivity index (χ3n) is 3.62. The van der Waals surface area contributed by atoms with E-state index in [4.69, 9.17) is 4.74 Å². The van der Waals surface area contributed by atoms with Gasteiger partial charge >= 0.3 is 0 Å². The van der Waals surface area contributed by atoms with Crippen molar-refractivity contribution in [3.63, 3.8) is 0 Å². The van der Waals surface area contributed by atoms with Crippen molar-refractivity contribution in [2.45, 2.75) is 52.5 Å². The van der Waals surface area contributed by atoms with E-state index in [-0.39, 0.29) is 5.91 Å². The number of carbonyl (C=O) groups is 1. The normalized spacial score (nSPS) is 13.7. The Morgan fingerprint density at radius 3 is 2.70 bits per heavy atom. The molecule has 2 rings (SSSR count). The number of hydrogen-bond donors (Lipinski definition) is 0. The zero-order chi connectivity index (χ0) is 14.4. The maximum Gasteiger partial charge on any atom is 0.260 e. The van der Waals surface area contributed by atoms with E-state index >= 15 is 0 Å². The van der Waals surface area contributed by atoms with Crippen molar-refractivity contribution in [1.29, 1.82) is 0 Å². The van der Waals surface area contributed by atoms with Gasteiger partial charge in [0.15, 0.2) is 0 Å². The Morgan fingerprint density at radius 2 is 2.05 bits per heavy atom. The van der Waals surface area contributed by atoms with Crippen LogP contribution >= 0.6 is 0 Å². The molecular formula is C15H25N3O2. The molecule has 0 spiro atoms. The summed E-state index contributed by atoms with van der Waals surface area (Å²) in [5, 5.41) is 4.26. The van der Waals surface area contributed by atoms with E-state index in [1.807, 2.05) is 4.90 Å². The lowest BCUT2D eigenvalue weighted by atomic mass is 10.2. The quantitative estimate of drug-likeness (QED) is 0.771. The molecule has 0 saturated carbocycles. The Bertz CT molecular complexity index is 434. The second-order valence-electron chi connectivity index (χ2n) is 5.29. The standard InChI is InChI=1S/C15H25N3O2/c1-3-5-8-17(9-6-4-2)14(19)13-12-16-18-10-7-11-20-15(13)18/h12H,3-11H2,1-2H3. The monoisotopic (exact) mass is 279 g/mol. The first-order chi connectivity index (χ1) is 9.77. The van der Waals surface area contributed by atoms with Crippen molar-refractivity contribution < 1.29 is 9.53 Å². The van der Waals surface area contributed by atoms with E-state index in [0.717, 1.165) is 51.7 Å². The number of rotatable bonds is 7. The molecule has 0 saturated heterocycles. The predicted molar refractivity (Wildman–Crippen MR) is 78.1 cm³/mol. The molecule has 1 aromatic rings. The number of ether oxygens (including phenoxy) is 1. The summed E-state index contributed by atoms with van der Waals surface area (Å²) in [6, 6.07) is 0. The lowest BCUT2D eigenvalue weighted by Crippen LogP contribution is -2.33. The van der Waals surface area contributed by atoms with Gasteiger partial charge in [0.05, 0.1) is 12.8 Å². The average Bonchev–Trinajstić information content (AvgIpc) is 2.91. The van der Waals surface area contributed by atoms with Crippen molar-refractivity contribution >= 4 is 5.91 Å². The first-order valence-corrected chi connectivity index (χ1v) is 7.75. The molecule has 0 aromatic carbocycles. The summed E-state index contributed by atoms with van der Waals surface area (Å²) in [4.78, 5) is 14.6. The van der Waals surface area contributed by atoms with Crippen molar-refractivity contribution in [1.82, 2.24) is 14.7 Å². The van der Waals surface area contributed by atoms with Crippen LogP contribution in [0.15, 0.2) is 6.20 Å². The Balaban J connectivity index is 2.11. The van der Waals surface area contributed by atoms with Gasteiger partial charge in [-0.1, -0.05) is 26.7 Å². The zero-order valence-electron chi connectivity index (χ0n) is 12.6. The topological polar surface area (TPSA) is 47.4 Å². The van der Waals surface area contributed by atoms with Gasteiger partial charge in [-0.3, -0.25) is 4.79 Å². The summed E-state index contributed by atoms with van der Waals surface area (Å²) in [7, 11) is 0. The van der Waals surface area contributed by atoms with Crippen molar-refractivity contribution in [2.75, 3.05) is 19.7 Å². The molecule has 1 aliphatic heterocycles. The van der Waals surface area contributed by atoms with Crippen LogP contribution in [0.2, 0.25) is 0 Å². The highest BCUT2D eigenvalue weighted by atomic mass is 16.5. The van der Waals surface area contributed by atoms with Gasteiger partial charge in [0.2, 0.25) is 5.88 Å². The third kappa shape index (κ3) is 3.32. The highest BCUT2D eigenvalue weighted by molar-refractivity contribution is 5.96. The van der Waals surface area contributed by atoms with Gasteiger partial charge in [0.25, 0.3) is 5.91 Å². The van der Waals surface area contributed by atoms with Crippen molar-refractivity contribution in [2.24, 2.45) is 0 Å². The van der Waals surface area contributed by atoms with Gasteiger partial charge in [-0.05, 0) is 12.8 Å². The summed E-state index contributed by atoms with van der Waals surface area (Å²) in [5.41, 5.74) is 0.622. The number of aryl methyl sites for hydroxylation is 1. The van der Waals surface area contributed by atoms with Gasteiger partial charge in [0.1, 0.15) is 5.56 Å². The van der Waals surface area contributed by atoms with Crippen LogP contribution in [-0.2, 0) is 6.54 Å². The summed E-state index contributed by atoms with van der Waals surface area (Å²) in [6.07, 6.45) is 6.89. The van der Waals surface area contributed by atoms with Crippen molar-refractivity contribution in [3.05, 3.63) is 11.8 Å². The molecular weight excluding hydrogens is 254 g/mol. The Labute approximate surface area is 120 Å². The van der Waals surface area contributed by atoms with Crippen LogP contribution in [0, 0.1) is 0 Å². The number of carbonyl (C=O) groups excluding carboxylic acids is 1. The largest absolute Gasteiger partial charge is 0.477 e. The van der Waals surface area contributed by atoms with Crippen LogP contribution in [0.5, 0.6) is 5.88 Å². The fraction of sp³-hybridized carbons (Fsp3) is 0.733. The van der Waals surface area contributed by atoms with E-state index in [0.29, 0.717) is 18.1 Å². The molecule has 1 aliphatic rings. The molecule has 0 bridgehead atoms. The molecule has 5 nitrogen and oxygen atoms in total. The molecule has 1 aromatic heterocycles. The second-order valence-corrected chi connectivity index (χ2v) is 5.29. The zero-order valence-corrected chi connectivity index (χ0v) is 12.6. The van der Waals surface area contributed by atoms with Crippen LogP contribution in [0.1, 0.15) is 56.3 Å². The molecule has 0 atom stereocenters. The number of fused-ring (bicyclic) bond motifs is 1.